The number of likely N-dealkylation sites (tertiary alicyclic amines) is 1. The van der Waals surface area contributed by atoms with Gasteiger partial charge in [0, 0.05) is 32.0 Å². The molecule has 0 radical (unpaired) electrons. The topological polar surface area (TPSA) is 87.5 Å². The quantitative estimate of drug-likeness (QED) is 0.771. The van der Waals surface area contributed by atoms with Gasteiger partial charge < -0.3 is 19.9 Å². The summed E-state index contributed by atoms with van der Waals surface area (Å²) in [6.45, 7) is 3.81. The Labute approximate surface area is 124 Å². The smallest absolute Gasteiger partial charge is 0.326 e. The minimum atomic E-state index is -0.921. The molecule has 0 aliphatic carbocycles. The van der Waals surface area contributed by atoms with E-state index in [0.29, 0.717) is 13.1 Å². The summed E-state index contributed by atoms with van der Waals surface area (Å²) < 4.78 is 1.99. The van der Waals surface area contributed by atoms with Crippen molar-refractivity contribution in [3.05, 3.63) is 18.7 Å². The highest BCUT2D eigenvalue weighted by atomic mass is 16.4. The fourth-order valence-corrected chi connectivity index (χ4v) is 2.69. The SMILES string of the molecule is CC1CCN(C(=O)NCCCCn2ccnc2)C1C(=O)O. The van der Waals surface area contributed by atoms with E-state index in [1.807, 2.05) is 17.7 Å². The van der Waals surface area contributed by atoms with Gasteiger partial charge in [-0.25, -0.2) is 14.6 Å². The number of hydrogen-bond acceptors (Lipinski definition) is 3. The number of aryl methyl sites for hydroxylation is 1. The van der Waals surface area contributed by atoms with Crippen LogP contribution in [0.4, 0.5) is 4.79 Å². The molecule has 2 rings (SSSR count). The van der Waals surface area contributed by atoms with Crippen molar-refractivity contribution < 1.29 is 14.7 Å². The number of nitrogens with one attached hydrogen (secondary N) is 1. The van der Waals surface area contributed by atoms with Crippen LogP contribution < -0.4 is 5.32 Å². The van der Waals surface area contributed by atoms with Gasteiger partial charge in [0.2, 0.25) is 0 Å². The van der Waals surface area contributed by atoms with Crippen LogP contribution in [0.25, 0.3) is 0 Å². The molecule has 1 aliphatic rings. The molecule has 1 fully saturated rings. The molecule has 0 spiro atoms. The van der Waals surface area contributed by atoms with Gasteiger partial charge >= 0.3 is 12.0 Å². The average Bonchev–Trinajstić information content (AvgIpc) is 3.07. The maximum Gasteiger partial charge on any atom is 0.326 e. The van der Waals surface area contributed by atoms with E-state index in [4.69, 9.17) is 0 Å². The number of carboxylic acids is 1. The van der Waals surface area contributed by atoms with Gasteiger partial charge in [-0.1, -0.05) is 6.92 Å². The second-order valence-electron chi connectivity index (χ2n) is 5.48. The third-order valence-corrected chi connectivity index (χ3v) is 3.89. The van der Waals surface area contributed by atoms with Gasteiger partial charge in [-0.05, 0) is 25.2 Å². The number of amides is 2. The molecular weight excluding hydrogens is 272 g/mol. The summed E-state index contributed by atoms with van der Waals surface area (Å²) in [5.74, 6) is -0.912. The summed E-state index contributed by atoms with van der Waals surface area (Å²) in [7, 11) is 0. The van der Waals surface area contributed by atoms with E-state index in [-0.39, 0.29) is 11.9 Å². The number of imidazole rings is 1. The molecule has 2 N–H and O–H groups in total. The first kappa shape index (κ1) is 15.3. The molecule has 7 heteroatoms. The monoisotopic (exact) mass is 294 g/mol. The number of aliphatic carboxylic acids is 1. The summed E-state index contributed by atoms with van der Waals surface area (Å²) in [4.78, 5) is 28.6. The maximum absolute atomic E-state index is 12.0. The summed E-state index contributed by atoms with van der Waals surface area (Å²) in [6.07, 6.45) is 7.94. The molecule has 1 saturated heterocycles. The van der Waals surface area contributed by atoms with Crippen LogP contribution in [0.1, 0.15) is 26.2 Å². The van der Waals surface area contributed by atoms with Crippen LogP contribution in [0.5, 0.6) is 0 Å². The lowest BCUT2D eigenvalue weighted by Gasteiger charge is -2.23. The molecule has 2 heterocycles. The lowest BCUT2D eigenvalue weighted by atomic mass is 10.0. The summed E-state index contributed by atoms with van der Waals surface area (Å²) in [6, 6.07) is -0.967. The van der Waals surface area contributed by atoms with Crippen LogP contribution in [0.3, 0.4) is 0 Å². The number of nitrogens with zero attached hydrogens (tertiary/aromatic N) is 3. The molecule has 1 aliphatic heterocycles. The Kier molecular flexibility index (Phi) is 5.19. The van der Waals surface area contributed by atoms with Gasteiger partial charge in [-0.15, -0.1) is 0 Å². The highest BCUT2D eigenvalue weighted by Crippen LogP contribution is 2.23. The fourth-order valence-electron chi connectivity index (χ4n) is 2.69. The minimum Gasteiger partial charge on any atom is -0.480 e. The first-order valence-corrected chi connectivity index (χ1v) is 7.32. The first-order chi connectivity index (χ1) is 10.1. The number of carbonyl (C=O) groups is 2. The predicted molar refractivity (Wildman–Crippen MR) is 76.8 cm³/mol. The number of hydrogen-bond donors (Lipinski definition) is 2. The molecule has 1 aromatic heterocycles. The van der Waals surface area contributed by atoms with E-state index in [0.717, 1.165) is 25.8 Å². The van der Waals surface area contributed by atoms with Crippen LogP contribution in [-0.2, 0) is 11.3 Å². The molecule has 0 aromatic carbocycles. The summed E-state index contributed by atoms with van der Waals surface area (Å²) >= 11 is 0. The molecule has 0 bridgehead atoms. The Balaban J connectivity index is 1.68. The van der Waals surface area contributed by atoms with Gasteiger partial charge in [0.1, 0.15) is 6.04 Å². The van der Waals surface area contributed by atoms with E-state index in [1.165, 1.54) is 4.90 Å². The number of carbonyl (C=O) groups excluding carboxylic acids is 1. The van der Waals surface area contributed by atoms with Crippen LogP contribution in [0.15, 0.2) is 18.7 Å². The molecule has 2 amide bonds. The highest BCUT2D eigenvalue weighted by Gasteiger charge is 2.39. The van der Waals surface area contributed by atoms with Crippen LogP contribution in [0.2, 0.25) is 0 Å². The molecule has 116 valence electrons. The standard InChI is InChI=1S/C14H22N4O3/c1-11-4-8-18(12(11)13(19)20)14(21)16-5-2-3-7-17-9-6-15-10-17/h6,9-12H,2-5,7-8H2,1H3,(H,16,21)(H,19,20). The largest absolute Gasteiger partial charge is 0.480 e. The average molecular weight is 294 g/mol. The van der Waals surface area contributed by atoms with E-state index >= 15 is 0 Å². The lowest BCUT2D eigenvalue weighted by molar-refractivity contribution is -0.142. The zero-order valence-corrected chi connectivity index (χ0v) is 12.2. The first-order valence-electron chi connectivity index (χ1n) is 7.32. The number of rotatable bonds is 6. The molecule has 21 heavy (non-hydrogen) atoms. The van der Waals surface area contributed by atoms with Gasteiger partial charge in [0.15, 0.2) is 0 Å². The zero-order chi connectivity index (χ0) is 15.2. The normalized spacial score (nSPS) is 21.5. The zero-order valence-electron chi connectivity index (χ0n) is 12.2. The molecule has 2 atom stereocenters. The van der Waals surface area contributed by atoms with Crippen molar-refractivity contribution in [2.24, 2.45) is 5.92 Å². The Morgan fingerprint density at radius 3 is 2.90 bits per heavy atom. The summed E-state index contributed by atoms with van der Waals surface area (Å²) in [5, 5.41) is 12.0. The third-order valence-electron chi connectivity index (χ3n) is 3.89. The van der Waals surface area contributed by atoms with Crippen molar-refractivity contribution in [1.82, 2.24) is 19.8 Å². The van der Waals surface area contributed by atoms with E-state index < -0.39 is 12.0 Å². The predicted octanol–water partition coefficient (Wildman–Crippen LogP) is 1.17. The molecule has 2 unspecified atom stereocenters. The Hall–Kier alpha value is -2.05. The van der Waals surface area contributed by atoms with Crippen molar-refractivity contribution in [2.45, 2.75) is 38.8 Å². The minimum absolute atomic E-state index is 0.00879. The Morgan fingerprint density at radius 1 is 1.43 bits per heavy atom. The van der Waals surface area contributed by atoms with E-state index in [1.54, 1.807) is 12.5 Å². The third kappa shape index (κ3) is 3.96. The molecule has 1 aromatic rings. The Morgan fingerprint density at radius 2 is 2.24 bits per heavy atom. The van der Waals surface area contributed by atoms with E-state index in [9.17, 15) is 14.7 Å². The van der Waals surface area contributed by atoms with E-state index in [2.05, 4.69) is 10.3 Å². The number of carboxylic acid groups (broad SMARTS) is 1. The van der Waals surface area contributed by atoms with Crippen LogP contribution in [0, 0.1) is 5.92 Å². The number of aromatic nitrogens is 2. The maximum atomic E-state index is 12.0. The van der Waals surface area contributed by atoms with Gasteiger partial charge in [-0.3, -0.25) is 0 Å². The van der Waals surface area contributed by atoms with Crippen molar-refractivity contribution in [2.75, 3.05) is 13.1 Å². The van der Waals surface area contributed by atoms with Crippen molar-refractivity contribution in [1.29, 1.82) is 0 Å². The van der Waals surface area contributed by atoms with Gasteiger partial charge in [-0.2, -0.15) is 0 Å². The van der Waals surface area contributed by atoms with Crippen molar-refractivity contribution >= 4 is 12.0 Å². The van der Waals surface area contributed by atoms with Crippen molar-refractivity contribution in [3.63, 3.8) is 0 Å². The van der Waals surface area contributed by atoms with Crippen LogP contribution >= 0.6 is 0 Å². The number of urea groups is 1. The summed E-state index contributed by atoms with van der Waals surface area (Å²) in [5.41, 5.74) is 0. The molecule has 0 saturated carbocycles. The van der Waals surface area contributed by atoms with Crippen molar-refractivity contribution in [3.8, 4) is 0 Å². The second kappa shape index (κ2) is 7.10. The second-order valence-corrected chi connectivity index (χ2v) is 5.48. The van der Waals surface area contributed by atoms with Gasteiger partial charge in [0.25, 0.3) is 0 Å². The number of unbranched alkanes of at least 4 members (excludes halogenated alkanes) is 1. The molecule has 7 nitrogen and oxygen atoms in total. The van der Waals surface area contributed by atoms with Crippen LogP contribution in [-0.4, -0.2) is 50.7 Å². The lowest BCUT2D eigenvalue weighted by Crippen LogP contribution is -2.47. The molecular formula is C14H22N4O3. The fraction of sp³-hybridized carbons (Fsp3) is 0.643. The van der Waals surface area contributed by atoms with Gasteiger partial charge in [0.05, 0.1) is 6.33 Å². The highest BCUT2D eigenvalue weighted by molar-refractivity contribution is 5.83. The Bertz CT molecular complexity index is 475.